The van der Waals surface area contributed by atoms with E-state index < -0.39 is 16.0 Å². The zero-order valence-electron chi connectivity index (χ0n) is 11.0. The Bertz CT molecular complexity index is 802. The monoisotopic (exact) mass is 369 g/mol. The number of carboxylic acids is 1. The molecule has 0 unspecified atom stereocenters. The number of aromatic carboxylic acids is 1. The zero-order chi connectivity index (χ0) is 15.6. The van der Waals surface area contributed by atoms with Gasteiger partial charge in [-0.15, -0.1) is 0 Å². The maximum atomic E-state index is 12.3. The highest BCUT2D eigenvalue weighted by Gasteiger charge is 2.18. The van der Waals surface area contributed by atoms with Gasteiger partial charge in [-0.1, -0.05) is 12.1 Å². The van der Waals surface area contributed by atoms with Gasteiger partial charge in [0.25, 0.3) is 10.0 Å². The lowest BCUT2D eigenvalue weighted by Gasteiger charge is -2.10. The van der Waals surface area contributed by atoms with Crippen LogP contribution in [-0.4, -0.2) is 19.5 Å². The van der Waals surface area contributed by atoms with Crippen molar-refractivity contribution in [1.82, 2.24) is 0 Å². The Balaban J connectivity index is 2.37. The summed E-state index contributed by atoms with van der Waals surface area (Å²) in [5, 5.41) is 8.91. The van der Waals surface area contributed by atoms with Gasteiger partial charge < -0.3 is 5.11 Å². The molecule has 0 aliphatic carbocycles. The van der Waals surface area contributed by atoms with Gasteiger partial charge in [-0.3, -0.25) is 4.72 Å². The number of carboxylic acid groups (broad SMARTS) is 1. The van der Waals surface area contributed by atoms with E-state index in [0.29, 0.717) is 4.47 Å². The second kappa shape index (κ2) is 5.87. The second-order valence-electron chi connectivity index (χ2n) is 4.43. The van der Waals surface area contributed by atoms with Crippen LogP contribution in [-0.2, 0) is 10.0 Å². The molecule has 0 aliphatic heterocycles. The third-order valence-corrected chi connectivity index (χ3v) is 5.10. The smallest absolute Gasteiger partial charge is 0.335 e. The lowest BCUT2D eigenvalue weighted by molar-refractivity contribution is 0.0697. The first-order valence-corrected chi connectivity index (χ1v) is 8.19. The molecule has 21 heavy (non-hydrogen) atoms. The van der Waals surface area contributed by atoms with E-state index in [1.807, 2.05) is 6.92 Å². The molecule has 2 aromatic rings. The van der Waals surface area contributed by atoms with Crippen LogP contribution in [0.2, 0.25) is 0 Å². The SMILES string of the molecule is Cc1ccc(S(=O)(=O)Nc2cccc(C(=O)O)c2)c(Br)c1. The van der Waals surface area contributed by atoms with Gasteiger partial charge in [0.2, 0.25) is 0 Å². The second-order valence-corrected chi connectivity index (χ2v) is 6.93. The number of rotatable bonds is 4. The van der Waals surface area contributed by atoms with Crippen LogP contribution in [0.1, 0.15) is 15.9 Å². The van der Waals surface area contributed by atoms with Gasteiger partial charge in [-0.25, -0.2) is 13.2 Å². The molecule has 0 radical (unpaired) electrons. The highest BCUT2D eigenvalue weighted by atomic mass is 79.9. The average Bonchev–Trinajstić information content (AvgIpc) is 2.37. The molecule has 110 valence electrons. The lowest BCUT2D eigenvalue weighted by atomic mass is 10.2. The number of carbonyl (C=O) groups is 1. The van der Waals surface area contributed by atoms with Crippen molar-refractivity contribution in [3.05, 3.63) is 58.1 Å². The lowest BCUT2D eigenvalue weighted by Crippen LogP contribution is -2.14. The molecule has 0 fully saturated rings. The molecule has 2 rings (SSSR count). The Labute approximate surface area is 130 Å². The van der Waals surface area contributed by atoms with E-state index in [2.05, 4.69) is 20.7 Å². The summed E-state index contributed by atoms with van der Waals surface area (Å²) < 4.78 is 27.5. The summed E-state index contributed by atoms with van der Waals surface area (Å²) in [5.41, 5.74) is 1.13. The minimum atomic E-state index is -3.79. The van der Waals surface area contributed by atoms with Gasteiger partial charge in [-0.05, 0) is 58.7 Å². The van der Waals surface area contributed by atoms with E-state index >= 15 is 0 Å². The summed E-state index contributed by atoms with van der Waals surface area (Å²) in [6, 6.07) is 10.5. The molecule has 0 amide bonds. The zero-order valence-corrected chi connectivity index (χ0v) is 13.4. The first-order chi connectivity index (χ1) is 9.79. The van der Waals surface area contributed by atoms with Crippen LogP contribution >= 0.6 is 15.9 Å². The molecule has 0 aliphatic rings. The summed E-state index contributed by atoms with van der Waals surface area (Å²) in [6.07, 6.45) is 0. The summed E-state index contributed by atoms with van der Waals surface area (Å²) in [5.74, 6) is -1.12. The fourth-order valence-corrected chi connectivity index (χ4v) is 3.99. The van der Waals surface area contributed by atoms with Gasteiger partial charge >= 0.3 is 5.97 Å². The van der Waals surface area contributed by atoms with E-state index in [4.69, 9.17) is 5.11 Å². The van der Waals surface area contributed by atoms with Crippen molar-refractivity contribution in [3.8, 4) is 0 Å². The molecule has 0 spiro atoms. The quantitative estimate of drug-likeness (QED) is 0.866. The summed E-state index contributed by atoms with van der Waals surface area (Å²) in [4.78, 5) is 11.0. The van der Waals surface area contributed by atoms with Crippen LogP contribution in [0.25, 0.3) is 0 Å². The van der Waals surface area contributed by atoms with Crippen LogP contribution in [0, 0.1) is 6.92 Å². The number of hydrogen-bond donors (Lipinski definition) is 2. The number of sulfonamides is 1. The first kappa shape index (κ1) is 15.5. The van der Waals surface area contributed by atoms with E-state index in [1.165, 1.54) is 30.3 Å². The Morgan fingerprint density at radius 3 is 2.52 bits per heavy atom. The molecule has 2 aromatic carbocycles. The maximum absolute atomic E-state index is 12.3. The maximum Gasteiger partial charge on any atom is 0.335 e. The van der Waals surface area contributed by atoms with Crippen molar-refractivity contribution in [2.24, 2.45) is 0 Å². The van der Waals surface area contributed by atoms with Crippen molar-refractivity contribution >= 4 is 37.6 Å². The highest BCUT2D eigenvalue weighted by molar-refractivity contribution is 9.10. The van der Waals surface area contributed by atoms with E-state index in [1.54, 1.807) is 12.1 Å². The summed E-state index contributed by atoms with van der Waals surface area (Å²) in [6.45, 7) is 1.85. The van der Waals surface area contributed by atoms with Gasteiger partial charge in [0.15, 0.2) is 0 Å². The van der Waals surface area contributed by atoms with Gasteiger partial charge in [0, 0.05) is 10.2 Å². The van der Waals surface area contributed by atoms with Crippen molar-refractivity contribution in [2.75, 3.05) is 4.72 Å². The van der Waals surface area contributed by atoms with Crippen LogP contribution in [0.5, 0.6) is 0 Å². The third kappa shape index (κ3) is 3.62. The third-order valence-electron chi connectivity index (χ3n) is 2.74. The fraction of sp³-hybridized carbons (Fsp3) is 0.0714. The summed E-state index contributed by atoms with van der Waals surface area (Å²) in [7, 11) is -3.79. The standard InChI is InChI=1S/C14H12BrNO4S/c1-9-5-6-13(12(15)7-9)21(19,20)16-11-4-2-3-10(8-11)14(17)18/h2-8,16H,1H3,(H,17,18). The topological polar surface area (TPSA) is 83.5 Å². The minimum absolute atomic E-state index is 0.0122. The molecule has 0 atom stereocenters. The Kier molecular flexibility index (Phi) is 4.34. The molecule has 7 heteroatoms. The fourth-order valence-electron chi connectivity index (χ4n) is 1.75. The Morgan fingerprint density at radius 1 is 1.19 bits per heavy atom. The average molecular weight is 370 g/mol. The number of hydrogen-bond acceptors (Lipinski definition) is 3. The van der Waals surface area contributed by atoms with Crippen LogP contribution < -0.4 is 4.72 Å². The Morgan fingerprint density at radius 2 is 1.90 bits per heavy atom. The number of aryl methyl sites for hydroxylation is 1. The molecular weight excluding hydrogens is 358 g/mol. The number of halogens is 1. The van der Waals surface area contributed by atoms with Crippen molar-refractivity contribution in [1.29, 1.82) is 0 Å². The van der Waals surface area contributed by atoms with Crippen molar-refractivity contribution in [3.63, 3.8) is 0 Å². The Hall–Kier alpha value is -1.86. The van der Waals surface area contributed by atoms with Crippen LogP contribution in [0.15, 0.2) is 51.8 Å². The van der Waals surface area contributed by atoms with Crippen LogP contribution in [0.3, 0.4) is 0 Å². The molecular formula is C14H12BrNO4S. The molecule has 0 heterocycles. The predicted octanol–water partition coefficient (Wildman–Crippen LogP) is 3.26. The molecule has 2 N–H and O–H groups in total. The largest absolute Gasteiger partial charge is 0.478 e. The molecule has 0 bridgehead atoms. The molecule has 0 aromatic heterocycles. The summed E-state index contributed by atoms with van der Waals surface area (Å²) >= 11 is 3.22. The van der Waals surface area contributed by atoms with Crippen molar-refractivity contribution < 1.29 is 18.3 Å². The molecule has 0 saturated heterocycles. The molecule has 5 nitrogen and oxygen atoms in total. The van der Waals surface area contributed by atoms with Crippen molar-refractivity contribution in [2.45, 2.75) is 11.8 Å². The number of benzene rings is 2. The van der Waals surface area contributed by atoms with Gasteiger partial charge in [0.1, 0.15) is 4.90 Å². The highest BCUT2D eigenvalue weighted by Crippen LogP contribution is 2.25. The minimum Gasteiger partial charge on any atom is -0.478 e. The van der Waals surface area contributed by atoms with Crippen LogP contribution in [0.4, 0.5) is 5.69 Å². The first-order valence-electron chi connectivity index (χ1n) is 5.92. The number of nitrogens with one attached hydrogen (secondary N) is 1. The van der Waals surface area contributed by atoms with Gasteiger partial charge in [-0.2, -0.15) is 0 Å². The van der Waals surface area contributed by atoms with E-state index in [-0.39, 0.29) is 16.1 Å². The normalized spacial score (nSPS) is 11.1. The van der Waals surface area contributed by atoms with E-state index in [9.17, 15) is 13.2 Å². The number of anilines is 1. The predicted molar refractivity (Wildman–Crippen MR) is 83.1 cm³/mol. The van der Waals surface area contributed by atoms with Gasteiger partial charge in [0.05, 0.1) is 5.56 Å². The van der Waals surface area contributed by atoms with E-state index in [0.717, 1.165) is 5.56 Å². The molecule has 0 saturated carbocycles.